The Morgan fingerprint density at radius 3 is 1.66 bits per heavy atom. The summed E-state index contributed by atoms with van der Waals surface area (Å²) in [5.41, 5.74) is 6.04. The third-order valence-electron chi connectivity index (χ3n) is 9.63. The van der Waals surface area contributed by atoms with E-state index in [9.17, 15) is 5.26 Å². The summed E-state index contributed by atoms with van der Waals surface area (Å²) in [6.07, 6.45) is 0. The molecule has 0 fully saturated rings. The van der Waals surface area contributed by atoms with Crippen LogP contribution in [0.1, 0.15) is 5.56 Å². The fraction of sp³-hybridized carbons (Fsp3) is 0. The van der Waals surface area contributed by atoms with Crippen molar-refractivity contribution >= 4 is 62.0 Å². The molecular weight excluding hydrogens is 625 g/mol. The lowest BCUT2D eigenvalue weighted by molar-refractivity contribution is 1.18. The predicted molar refractivity (Wildman–Crippen MR) is 207 cm³/mol. The molecular formula is C45H28N4Si. The van der Waals surface area contributed by atoms with Crippen LogP contribution in [-0.4, -0.2) is 12.6 Å². The number of nitriles is 1. The Kier molecular flexibility index (Phi) is 7.63. The number of hydrogen-bond acceptors (Lipinski definition) is 1. The third-order valence-corrected chi connectivity index (χ3v) is 14.5. The van der Waals surface area contributed by atoms with Gasteiger partial charge in [0.05, 0.1) is 35.8 Å². The summed E-state index contributed by atoms with van der Waals surface area (Å²) in [6.45, 7) is 16.5. The fourth-order valence-electron chi connectivity index (χ4n) is 7.52. The highest BCUT2D eigenvalue weighted by molar-refractivity contribution is 7.20. The smallest absolute Gasteiger partial charge is 0.202 e. The van der Waals surface area contributed by atoms with Gasteiger partial charge in [-0.25, -0.2) is 4.85 Å². The predicted octanol–water partition coefficient (Wildman–Crippen LogP) is 8.80. The van der Waals surface area contributed by atoms with Crippen molar-refractivity contribution in [3.63, 3.8) is 0 Å². The van der Waals surface area contributed by atoms with Gasteiger partial charge in [-0.2, -0.15) is 5.26 Å². The van der Waals surface area contributed by atoms with Crippen molar-refractivity contribution in [3.05, 3.63) is 198 Å². The minimum atomic E-state index is -3.04. The van der Waals surface area contributed by atoms with Gasteiger partial charge >= 0.3 is 0 Å². The van der Waals surface area contributed by atoms with Crippen LogP contribution in [0.4, 0.5) is 11.4 Å². The first-order valence-electron chi connectivity index (χ1n) is 16.3. The normalized spacial score (nSPS) is 11.1. The van der Waals surface area contributed by atoms with Crippen molar-refractivity contribution < 1.29 is 0 Å². The number of rotatable bonds is 6. The molecule has 5 heteroatoms. The quantitative estimate of drug-likeness (QED) is 0.101. The molecule has 0 atom stereocenters. The van der Waals surface area contributed by atoms with Gasteiger partial charge in [0.2, 0.25) is 5.69 Å². The standard InChI is InChI=1S/C45H28N4Si/c1-47-40-27-29-43(50(35-14-6-3-7-15-35,36-16-8-4-9-17-36)37-18-10-5-11-19-37)44(45(40)48-2)33-23-25-34(26-24-33)49-41-21-13-12-20-38(41)39-30-32(31-46)22-28-42(39)49/h3-30H. The molecule has 4 nitrogen and oxygen atoms in total. The SMILES string of the molecule is [C-]#[N+]c1ccc([Si](c2ccccc2)(c2ccccc2)c2ccccc2)c(-c2ccc(-n3c4ccccc4c4cc(C#N)ccc43)cc2)c1[N+]#[C-]. The average Bonchev–Trinajstić information content (AvgIpc) is 3.53. The molecule has 8 rings (SSSR count). The average molecular weight is 653 g/mol. The molecule has 0 radical (unpaired) electrons. The summed E-state index contributed by atoms with van der Waals surface area (Å²) in [4.78, 5) is 7.90. The molecule has 8 aromatic rings. The molecule has 0 saturated heterocycles. The van der Waals surface area contributed by atoms with Gasteiger partial charge in [-0.15, -0.1) is 0 Å². The lowest BCUT2D eigenvalue weighted by Crippen LogP contribution is -2.75. The van der Waals surface area contributed by atoms with Crippen LogP contribution in [0.25, 0.3) is 48.3 Å². The molecule has 1 heterocycles. The van der Waals surface area contributed by atoms with Crippen molar-refractivity contribution in [2.75, 3.05) is 0 Å². The molecule has 0 saturated carbocycles. The second-order valence-corrected chi connectivity index (χ2v) is 15.9. The van der Waals surface area contributed by atoms with Crippen LogP contribution in [0.2, 0.25) is 0 Å². The van der Waals surface area contributed by atoms with E-state index in [1.165, 1.54) is 15.6 Å². The highest BCUT2D eigenvalue weighted by atomic mass is 28.3. The van der Waals surface area contributed by atoms with E-state index in [2.05, 4.69) is 136 Å². The maximum Gasteiger partial charge on any atom is 0.202 e. The lowest BCUT2D eigenvalue weighted by Gasteiger charge is -2.36. The first kappa shape index (κ1) is 30.4. The number of benzene rings is 7. The van der Waals surface area contributed by atoms with Crippen LogP contribution >= 0.6 is 0 Å². The highest BCUT2D eigenvalue weighted by Gasteiger charge is 2.43. The molecule has 0 spiro atoms. The van der Waals surface area contributed by atoms with E-state index < -0.39 is 8.07 Å². The van der Waals surface area contributed by atoms with E-state index in [0.717, 1.165) is 43.8 Å². The van der Waals surface area contributed by atoms with Crippen LogP contribution in [0.15, 0.2) is 170 Å². The topological polar surface area (TPSA) is 37.4 Å². The number of fused-ring (bicyclic) bond motifs is 3. The lowest BCUT2D eigenvalue weighted by atomic mass is 10.0. The third kappa shape index (κ3) is 4.72. The molecule has 232 valence electrons. The van der Waals surface area contributed by atoms with Gasteiger partial charge in [-0.3, -0.25) is 4.85 Å². The Morgan fingerprint density at radius 2 is 1.10 bits per heavy atom. The van der Waals surface area contributed by atoms with Crippen LogP contribution in [-0.2, 0) is 0 Å². The maximum atomic E-state index is 9.62. The largest absolute Gasteiger partial charge is 0.309 e. The van der Waals surface area contributed by atoms with E-state index in [1.54, 1.807) is 0 Å². The van der Waals surface area contributed by atoms with Gasteiger partial charge < -0.3 is 4.57 Å². The van der Waals surface area contributed by atoms with Crippen molar-refractivity contribution in [1.82, 2.24) is 4.57 Å². The summed E-state index contributed by atoms with van der Waals surface area (Å²) in [7, 11) is -3.04. The zero-order valence-electron chi connectivity index (χ0n) is 27.0. The maximum absolute atomic E-state index is 9.62. The summed E-state index contributed by atoms with van der Waals surface area (Å²) < 4.78 is 2.22. The van der Waals surface area contributed by atoms with Crippen molar-refractivity contribution in [2.24, 2.45) is 0 Å². The summed E-state index contributed by atoms with van der Waals surface area (Å²) in [5, 5.41) is 16.4. The van der Waals surface area contributed by atoms with Gasteiger partial charge in [-0.05, 0) is 63.1 Å². The van der Waals surface area contributed by atoms with E-state index >= 15 is 0 Å². The molecule has 0 aliphatic carbocycles. The Bertz CT molecular complexity index is 2560. The zero-order chi connectivity index (χ0) is 34.1. The molecule has 0 bridgehead atoms. The van der Waals surface area contributed by atoms with Crippen LogP contribution < -0.4 is 20.7 Å². The van der Waals surface area contributed by atoms with Crippen LogP contribution in [0.3, 0.4) is 0 Å². The molecule has 0 amide bonds. The molecule has 50 heavy (non-hydrogen) atoms. The van der Waals surface area contributed by atoms with Gasteiger partial charge in [0.15, 0.2) is 13.8 Å². The first-order chi connectivity index (χ1) is 24.7. The molecule has 1 aromatic heterocycles. The zero-order valence-corrected chi connectivity index (χ0v) is 28.0. The van der Waals surface area contributed by atoms with Gasteiger partial charge in [-0.1, -0.05) is 139 Å². The first-order valence-corrected chi connectivity index (χ1v) is 18.3. The summed E-state index contributed by atoms with van der Waals surface area (Å²) in [5.74, 6) is 0. The Hall–Kier alpha value is -6.97. The van der Waals surface area contributed by atoms with Crippen LogP contribution in [0.5, 0.6) is 0 Å². The minimum absolute atomic E-state index is 0.343. The Balaban J connectivity index is 1.43. The Labute approximate surface area is 292 Å². The van der Waals surface area contributed by atoms with E-state index in [1.807, 2.05) is 54.6 Å². The van der Waals surface area contributed by atoms with E-state index in [4.69, 9.17) is 13.1 Å². The number of aromatic nitrogens is 1. The molecule has 0 unspecified atom stereocenters. The van der Waals surface area contributed by atoms with E-state index in [-0.39, 0.29) is 0 Å². The van der Waals surface area contributed by atoms with Gasteiger partial charge in [0, 0.05) is 16.5 Å². The highest BCUT2D eigenvalue weighted by Crippen LogP contribution is 2.40. The number of hydrogen-bond donors (Lipinski definition) is 0. The summed E-state index contributed by atoms with van der Waals surface area (Å²) in [6, 6.07) is 60.5. The van der Waals surface area contributed by atoms with Crippen molar-refractivity contribution in [2.45, 2.75) is 0 Å². The second kappa shape index (κ2) is 12.6. The van der Waals surface area contributed by atoms with E-state index in [0.29, 0.717) is 16.9 Å². The second-order valence-electron chi connectivity index (χ2n) is 12.2. The molecule has 0 aliphatic heterocycles. The minimum Gasteiger partial charge on any atom is -0.309 e. The monoisotopic (exact) mass is 652 g/mol. The molecule has 7 aromatic carbocycles. The van der Waals surface area contributed by atoms with Crippen LogP contribution in [0, 0.1) is 24.5 Å². The number of para-hydroxylation sites is 1. The number of nitrogens with zero attached hydrogens (tertiary/aromatic N) is 4. The van der Waals surface area contributed by atoms with Gasteiger partial charge in [0.25, 0.3) is 0 Å². The van der Waals surface area contributed by atoms with Gasteiger partial charge in [0.1, 0.15) is 0 Å². The molecule has 0 N–H and O–H groups in total. The fourth-order valence-corrected chi connectivity index (χ4v) is 12.5. The Morgan fingerprint density at radius 1 is 0.540 bits per heavy atom. The molecule has 0 aliphatic rings. The van der Waals surface area contributed by atoms with Crippen molar-refractivity contribution in [3.8, 4) is 22.9 Å². The summed E-state index contributed by atoms with van der Waals surface area (Å²) >= 11 is 0. The van der Waals surface area contributed by atoms with Crippen molar-refractivity contribution in [1.29, 1.82) is 5.26 Å².